The van der Waals surface area contributed by atoms with Crippen LogP contribution >= 0.6 is 0 Å². The van der Waals surface area contributed by atoms with Gasteiger partial charge in [-0.3, -0.25) is 0 Å². The van der Waals surface area contributed by atoms with E-state index in [0.717, 1.165) is 53.5 Å². The minimum atomic E-state index is -1.31. The highest BCUT2D eigenvalue weighted by Gasteiger charge is 2.35. The molecule has 0 radical (unpaired) electrons. The summed E-state index contributed by atoms with van der Waals surface area (Å²) in [5.41, 5.74) is 14.0. The van der Waals surface area contributed by atoms with Gasteiger partial charge in [-0.15, -0.1) is 0 Å². The summed E-state index contributed by atoms with van der Waals surface area (Å²) in [5, 5.41) is 1.82. The summed E-state index contributed by atoms with van der Waals surface area (Å²) in [6.45, 7) is 7.48. The summed E-state index contributed by atoms with van der Waals surface area (Å²) in [5.74, 6) is 7.12. The standard InChI is InChI=1S/C29H36N6O2S/c1-19-5-6-21(14-22-7-10-26(28(30)20(22)2)35(31)24-8-9-24)15-23(19)16-33-17-25-18-37-13-12-34(25)29-27(38(33)36)4-3-11-32-29/h3-7,10-11,15,24-25H,8-9,12-14,16-18,30-31H2,1-2H3/t25-,38?/m1/s1. The lowest BCUT2D eigenvalue weighted by molar-refractivity contribution is 0.0881. The Balaban J connectivity index is 1.25. The molecular formula is C29H36N6O2S. The third kappa shape index (κ3) is 4.80. The Hall–Kier alpha value is -2.98. The average Bonchev–Trinajstić information content (AvgIpc) is 3.78. The molecule has 9 heteroatoms. The van der Waals surface area contributed by atoms with Crippen LogP contribution in [0.15, 0.2) is 53.6 Å². The lowest BCUT2D eigenvalue weighted by atomic mass is 9.96. The van der Waals surface area contributed by atoms with Crippen molar-refractivity contribution in [2.45, 2.75) is 56.6 Å². The summed E-state index contributed by atoms with van der Waals surface area (Å²) in [4.78, 5) is 7.65. The first kappa shape index (κ1) is 25.3. The second-order valence-corrected chi connectivity index (χ2v) is 12.1. The molecule has 2 aliphatic heterocycles. The zero-order chi connectivity index (χ0) is 26.4. The summed E-state index contributed by atoms with van der Waals surface area (Å²) in [7, 11) is -1.31. The molecule has 1 aromatic heterocycles. The maximum Gasteiger partial charge on any atom is 0.146 e. The molecule has 0 amide bonds. The Kier molecular flexibility index (Phi) is 6.86. The first-order valence-corrected chi connectivity index (χ1v) is 14.5. The van der Waals surface area contributed by atoms with Crippen LogP contribution in [-0.4, -0.2) is 51.9 Å². The molecule has 3 aliphatic rings. The number of nitrogens with zero attached hydrogens (tertiary/aromatic N) is 4. The van der Waals surface area contributed by atoms with Crippen molar-refractivity contribution in [2.75, 3.05) is 41.9 Å². The van der Waals surface area contributed by atoms with Crippen LogP contribution in [0.5, 0.6) is 0 Å². The highest BCUT2D eigenvalue weighted by molar-refractivity contribution is 7.82. The molecule has 2 atom stereocenters. The van der Waals surface area contributed by atoms with E-state index in [-0.39, 0.29) is 6.04 Å². The largest absolute Gasteiger partial charge is 0.397 e. The van der Waals surface area contributed by atoms with Crippen LogP contribution in [0.4, 0.5) is 17.2 Å². The zero-order valence-electron chi connectivity index (χ0n) is 22.1. The summed E-state index contributed by atoms with van der Waals surface area (Å²) >= 11 is 0. The molecule has 3 aromatic rings. The molecule has 1 unspecified atom stereocenters. The lowest BCUT2D eigenvalue weighted by Crippen LogP contribution is -2.50. The van der Waals surface area contributed by atoms with E-state index in [9.17, 15) is 4.21 Å². The molecule has 1 saturated carbocycles. The Morgan fingerprint density at radius 3 is 2.82 bits per heavy atom. The molecule has 38 heavy (non-hydrogen) atoms. The Bertz CT molecular complexity index is 1380. The maximum absolute atomic E-state index is 13.8. The van der Waals surface area contributed by atoms with Crippen molar-refractivity contribution in [1.82, 2.24) is 9.29 Å². The number of benzene rings is 2. The molecule has 2 aromatic carbocycles. The van der Waals surface area contributed by atoms with Gasteiger partial charge in [0.15, 0.2) is 0 Å². The molecule has 3 heterocycles. The van der Waals surface area contributed by atoms with Gasteiger partial charge in [-0.1, -0.05) is 24.3 Å². The van der Waals surface area contributed by atoms with E-state index in [4.69, 9.17) is 16.3 Å². The van der Waals surface area contributed by atoms with Gasteiger partial charge in [0.25, 0.3) is 0 Å². The monoisotopic (exact) mass is 532 g/mol. The van der Waals surface area contributed by atoms with Crippen molar-refractivity contribution in [3.05, 3.63) is 76.5 Å². The first-order valence-electron chi connectivity index (χ1n) is 13.4. The van der Waals surface area contributed by atoms with Gasteiger partial charge in [0.2, 0.25) is 0 Å². The molecule has 0 spiro atoms. The van der Waals surface area contributed by atoms with Gasteiger partial charge >= 0.3 is 0 Å². The van der Waals surface area contributed by atoms with Crippen LogP contribution in [0.25, 0.3) is 0 Å². The lowest BCUT2D eigenvalue weighted by Gasteiger charge is -2.36. The second kappa shape index (κ2) is 10.3. The fourth-order valence-electron chi connectivity index (χ4n) is 5.52. The van der Waals surface area contributed by atoms with Crippen molar-refractivity contribution >= 4 is 28.2 Å². The number of fused-ring (bicyclic) bond motifs is 3. The number of nitrogen functional groups attached to an aromatic ring is 1. The van der Waals surface area contributed by atoms with Crippen molar-refractivity contribution < 1.29 is 8.95 Å². The number of hydrazine groups is 1. The van der Waals surface area contributed by atoms with Crippen LogP contribution in [0.2, 0.25) is 0 Å². The van der Waals surface area contributed by atoms with Crippen molar-refractivity contribution in [2.24, 2.45) is 5.84 Å². The smallest absolute Gasteiger partial charge is 0.146 e. The molecule has 2 fully saturated rings. The Morgan fingerprint density at radius 2 is 2.00 bits per heavy atom. The van der Waals surface area contributed by atoms with Gasteiger partial charge in [0.05, 0.1) is 35.5 Å². The Labute approximate surface area is 227 Å². The summed E-state index contributed by atoms with van der Waals surface area (Å²) in [6, 6.07) is 15.1. The predicted octanol–water partition coefficient (Wildman–Crippen LogP) is 3.46. The fourth-order valence-corrected chi connectivity index (χ4v) is 6.89. The van der Waals surface area contributed by atoms with Gasteiger partial charge in [-0.05, 0) is 79.1 Å². The number of anilines is 3. The minimum Gasteiger partial charge on any atom is -0.397 e. The molecule has 200 valence electrons. The number of aromatic nitrogens is 1. The third-order valence-electron chi connectivity index (χ3n) is 8.06. The van der Waals surface area contributed by atoms with Gasteiger partial charge in [0.1, 0.15) is 16.8 Å². The van der Waals surface area contributed by atoms with E-state index < -0.39 is 11.0 Å². The highest BCUT2D eigenvalue weighted by Crippen LogP contribution is 2.36. The topological polar surface area (TPSA) is 101 Å². The molecule has 6 rings (SSSR count). The first-order chi connectivity index (χ1) is 18.4. The summed E-state index contributed by atoms with van der Waals surface area (Å²) in [6.07, 6.45) is 4.80. The third-order valence-corrected chi connectivity index (χ3v) is 9.51. The SMILES string of the molecule is Cc1ccc(Cc2ccc(N(N)C3CC3)c(N)c2C)cc1CN1C[C@@H]2COCCN2c2ncccc2S1=O. The van der Waals surface area contributed by atoms with Crippen LogP contribution in [0.3, 0.4) is 0 Å². The summed E-state index contributed by atoms with van der Waals surface area (Å²) < 4.78 is 21.7. The number of aryl methyl sites for hydroxylation is 1. The molecule has 8 nitrogen and oxygen atoms in total. The van der Waals surface area contributed by atoms with Gasteiger partial charge in [-0.2, -0.15) is 0 Å². The van der Waals surface area contributed by atoms with Crippen molar-refractivity contribution in [3.63, 3.8) is 0 Å². The number of hydrogen-bond acceptors (Lipinski definition) is 7. The fraction of sp³-hybridized carbons (Fsp3) is 0.414. The van der Waals surface area contributed by atoms with Crippen molar-refractivity contribution in [1.29, 1.82) is 0 Å². The second-order valence-electron chi connectivity index (χ2n) is 10.7. The van der Waals surface area contributed by atoms with E-state index >= 15 is 0 Å². The van der Waals surface area contributed by atoms with Crippen molar-refractivity contribution in [3.8, 4) is 0 Å². The number of morpholine rings is 1. The number of rotatable bonds is 6. The van der Waals surface area contributed by atoms with E-state index in [1.165, 1.54) is 22.3 Å². The minimum absolute atomic E-state index is 0.120. The molecular weight excluding hydrogens is 496 g/mol. The van der Waals surface area contributed by atoms with Crippen LogP contribution < -0.4 is 21.5 Å². The van der Waals surface area contributed by atoms with Crippen LogP contribution in [0.1, 0.15) is 40.7 Å². The van der Waals surface area contributed by atoms with E-state index in [0.29, 0.717) is 32.3 Å². The van der Waals surface area contributed by atoms with E-state index in [1.807, 2.05) is 17.1 Å². The number of pyridine rings is 1. The maximum atomic E-state index is 13.8. The predicted molar refractivity (Wildman–Crippen MR) is 152 cm³/mol. The quantitative estimate of drug-likeness (QED) is 0.285. The zero-order valence-corrected chi connectivity index (χ0v) is 22.9. The van der Waals surface area contributed by atoms with Crippen LogP contribution in [-0.2, 0) is 28.7 Å². The van der Waals surface area contributed by atoms with Crippen LogP contribution in [0, 0.1) is 13.8 Å². The number of hydrogen-bond donors (Lipinski definition) is 2. The molecule has 1 aliphatic carbocycles. The van der Waals surface area contributed by atoms with Gasteiger partial charge < -0.3 is 20.4 Å². The van der Waals surface area contributed by atoms with E-state index in [1.54, 1.807) is 6.20 Å². The molecule has 0 bridgehead atoms. The normalized spacial score (nSPS) is 21.5. The Morgan fingerprint density at radius 1 is 1.16 bits per heavy atom. The van der Waals surface area contributed by atoms with Gasteiger partial charge in [-0.25, -0.2) is 19.3 Å². The average molecular weight is 533 g/mol. The molecule has 4 N–H and O–H groups in total. The van der Waals surface area contributed by atoms with E-state index in [2.05, 4.69) is 58.4 Å². The number of nitrogens with two attached hydrogens (primary N) is 2. The highest BCUT2D eigenvalue weighted by atomic mass is 32.2. The molecule has 1 saturated heterocycles. The van der Waals surface area contributed by atoms with Gasteiger partial charge in [0, 0.05) is 31.9 Å². The number of ether oxygens (including phenoxy) is 1.